The molecule has 2 atom stereocenters. The van der Waals surface area contributed by atoms with E-state index in [1.54, 1.807) is 31.2 Å². The Morgan fingerprint density at radius 1 is 1.31 bits per heavy atom. The van der Waals surface area contributed by atoms with Crippen molar-refractivity contribution in [3.8, 4) is 0 Å². The summed E-state index contributed by atoms with van der Waals surface area (Å²) in [6.45, 7) is 3.12. The van der Waals surface area contributed by atoms with Crippen LogP contribution >= 0.6 is 15.9 Å². The molecule has 0 aliphatic carbocycles. The van der Waals surface area contributed by atoms with Gasteiger partial charge in [0.15, 0.2) is 9.84 Å². The topological polar surface area (TPSA) is 54.4 Å². The van der Waals surface area contributed by atoms with Gasteiger partial charge in [-0.05, 0) is 24.6 Å². The molecule has 0 spiro atoms. The van der Waals surface area contributed by atoms with Crippen LogP contribution in [0.1, 0.15) is 25.5 Å². The Balaban J connectivity index is 2.94. The summed E-state index contributed by atoms with van der Waals surface area (Å²) in [6.07, 6.45) is -0.974. The largest absolute Gasteiger partial charge is 0.387 e. The minimum Gasteiger partial charge on any atom is -0.387 e. The van der Waals surface area contributed by atoms with E-state index in [4.69, 9.17) is 0 Å². The highest BCUT2D eigenvalue weighted by Crippen LogP contribution is 2.23. The van der Waals surface area contributed by atoms with Crippen molar-refractivity contribution in [2.45, 2.75) is 25.2 Å². The summed E-state index contributed by atoms with van der Waals surface area (Å²) in [4.78, 5) is 0. The molecule has 16 heavy (non-hydrogen) atoms. The SMILES string of the molecule is CCS(=O)(=O)[C@@H](C)[C@@H](O)c1ccc(Br)cc1. The number of rotatable bonds is 4. The van der Waals surface area contributed by atoms with Crippen LogP contribution in [0.3, 0.4) is 0 Å². The van der Waals surface area contributed by atoms with Crippen molar-refractivity contribution in [1.29, 1.82) is 0 Å². The van der Waals surface area contributed by atoms with E-state index >= 15 is 0 Å². The van der Waals surface area contributed by atoms with Crippen molar-refractivity contribution in [3.63, 3.8) is 0 Å². The number of aliphatic hydroxyl groups is 1. The smallest absolute Gasteiger partial charge is 0.155 e. The van der Waals surface area contributed by atoms with Crippen LogP contribution in [0.25, 0.3) is 0 Å². The monoisotopic (exact) mass is 306 g/mol. The van der Waals surface area contributed by atoms with Crippen molar-refractivity contribution in [1.82, 2.24) is 0 Å². The van der Waals surface area contributed by atoms with E-state index < -0.39 is 21.2 Å². The molecule has 0 saturated heterocycles. The highest BCUT2D eigenvalue weighted by atomic mass is 79.9. The molecule has 1 N–H and O–H groups in total. The van der Waals surface area contributed by atoms with Gasteiger partial charge in [0.2, 0.25) is 0 Å². The summed E-state index contributed by atoms with van der Waals surface area (Å²) in [6, 6.07) is 7.00. The zero-order valence-electron chi connectivity index (χ0n) is 9.22. The third kappa shape index (κ3) is 3.06. The van der Waals surface area contributed by atoms with Crippen LogP contribution in [-0.4, -0.2) is 24.5 Å². The minimum absolute atomic E-state index is 0.0434. The van der Waals surface area contributed by atoms with Gasteiger partial charge in [0.05, 0.1) is 11.4 Å². The lowest BCUT2D eigenvalue weighted by Crippen LogP contribution is -2.26. The maximum Gasteiger partial charge on any atom is 0.155 e. The molecule has 0 aliphatic heterocycles. The van der Waals surface area contributed by atoms with Gasteiger partial charge in [0, 0.05) is 10.2 Å². The van der Waals surface area contributed by atoms with Gasteiger partial charge in [-0.3, -0.25) is 0 Å². The van der Waals surface area contributed by atoms with Crippen molar-refractivity contribution < 1.29 is 13.5 Å². The summed E-state index contributed by atoms with van der Waals surface area (Å²) in [7, 11) is -3.22. The van der Waals surface area contributed by atoms with E-state index in [2.05, 4.69) is 15.9 Å². The van der Waals surface area contributed by atoms with Gasteiger partial charge < -0.3 is 5.11 Å². The van der Waals surface area contributed by atoms with Crippen molar-refractivity contribution in [3.05, 3.63) is 34.3 Å². The third-order valence-electron chi connectivity index (χ3n) is 2.62. The molecule has 3 nitrogen and oxygen atoms in total. The molecule has 0 unspecified atom stereocenters. The predicted octanol–water partition coefficient (Wildman–Crippen LogP) is 2.31. The number of hydrogen-bond acceptors (Lipinski definition) is 3. The second-order valence-electron chi connectivity index (χ2n) is 3.65. The van der Waals surface area contributed by atoms with Crippen LogP contribution in [0.15, 0.2) is 28.7 Å². The van der Waals surface area contributed by atoms with Gasteiger partial charge >= 0.3 is 0 Å². The Morgan fingerprint density at radius 2 is 1.81 bits per heavy atom. The van der Waals surface area contributed by atoms with E-state index in [9.17, 15) is 13.5 Å². The Bertz CT molecular complexity index is 439. The second kappa shape index (κ2) is 5.29. The fraction of sp³-hybridized carbons (Fsp3) is 0.455. The highest BCUT2D eigenvalue weighted by molar-refractivity contribution is 9.10. The first-order chi connectivity index (χ1) is 7.38. The molecule has 0 radical (unpaired) electrons. The number of benzene rings is 1. The van der Waals surface area contributed by atoms with Gasteiger partial charge in [0.25, 0.3) is 0 Å². The molecule has 0 aliphatic rings. The molecular weight excluding hydrogens is 292 g/mol. The normalized spacial score (nSPS) is 15.8. The van der Waals surface area contributed by atoms with Gasteiger partial charge in [-0.2, -0.15) is 0 Å². The van der Waals surface area contributed by atoms with Crippen molar-refractivity contribution >= 4 is 25.8 Å². The van der Waals surface area contributed by atoms with Gasteiger partial charge in [-0.15, -0.1) is 0 Å². The van der Waals surface area contributed by atoms with Crippen molar-refractivity contribution in [2.24, 2.45) is 0 Å². The molecule has 90 valence electrons. The third-order valence-corrected chi connectivity index (χ3v) is 5.35. The fourth-order valence-corrected chi connectivity index (χ4v) is 2.73. The molecule has 0 aromatic heterocycles. The maximum atomic E-state index is 11.6. The summed E-state index contributed by atoms with van der Waals surface area (Å²) in [5, 5.41) is 9.17. The summed E-state index contributed by atoms with van der Waals surface area (Å²) in [5.74, 6) is 0.0434. The maximum absolute atomic E-state index is 11.6. The van der Waals surface area contributed by atoms with Gasteiger partial charge in [-0.25, -0.2) is 8.42 Å². The van der Waals surface area contributed by atoms with Crippen LogP contribution in [0.5, 0.6) is 0 Å². The van der Waals surface area contributed by atoms with Crippen LogP contribution in [0.2, 0.25) is 0 Å². The lowest BCUT2D eigenvalue weighted by molar-refractivity contribution is 0.176. The van der Waals surface area contributed by atoms with Gasteiger partial charge in [0.1, 0.15) is 0 Å². The van der Waals surface area contributed by atoms with Crippen molar-refractivity contribution in [2.75, 3.05) is 5.75 Å². The van der Waals surface area contributed by atoms with Crippen LogP contribution < -0.4 is 0 Å². The van der Waals surface area contributed by atoms with Gasteiger partial charge in [-0.1, -0.05) is 35.0 Å². The van der Waals surface area contributed by atoms with E-state index in [-0.39, 0.29) is 5.75 Å². The van der Waals surface area contributed by atoms with Crippen LogP contribution in [0, 0.1) is 0 Å². The fourth-order valence-electron chi connectivity index (χ4n) is 1.39. The quantitative estimate of drug-likeness (QED) is 0.928. The summed E-state index contributed by atoms with van der Waals surface area (Å²) < 4.78 is 24.1. The molecule has 0 fully saturated rings. The predicted molar refractivity (Wildman–Crippen MR) is 68.0 cm³/mol. The van der Waals surface area contributed by atoms with E-state index in [1.807, 2.05) is 0 Å². The molecule has 5 heteroatoms. The lowest BCUT2D eigenvalue weighted by Gasteiger charge is -2.18. The minimum atomic E-state index is -3.22. The Hall–Kier alpha value is -0.390. The molecule has 1 aromatic carbocycles. The number of hydrogen-bond donors (Lipinski definition) is 1. The number of aliphatic hydroxyl groups excluding tert-OH is 1. The zero-order chi connectivity index (χ0) is 12.3. The Labute approximate surface area is 105 Å². The summed E-state index contributed by atoms with van der Waals surface area (Å²) in [5.41, 5.74) is 0.618. The highest BCUT2D eigenvalue weighted by Gasteiger charge is 2.27. The molecular formula is C11H15BrO3S. The van der Waals surface area contributed by atoms with Crippen LogP contribution in [0.4, 0.5) is 0 Å². The molecule has 0 bridgehead atoms. The first-order valence-electron chi connectivity index (χ1n) is 5.03. The molecule has 0 heterocycles. The molecule has 0 saturated carbocycles. The first kappa shape index (κ1) is 13.7. The first-order valence-corrected chi connectivity index (χ1v) is 7.54. The number of halogens is 1. The molecule has 0 amide bonds. The van der Waals surface area contributed by atoms with E-state index in [0.29, 0.717) is 5.56 Å². The summed E-state index contributed by atoms with van der Waals surface area (Å²) >= 11 is 3.28. The molecule has 1 rings (SSSR count). The Kier molecular flexibility index (Phi) is 4.52. The van der Waals surface area contributed by atoms with Crippen LogP contribution in [-0.2, 0) is 9.84 Å². The Morgan fingerprint density at radius 3 is 2.25 bits per heavy atom. The van der Waals surface area contributed by atoms with E-state index in [0.717, 1.165) is 4.47 Å². The second-order valence-corrected chi connectivity index (χ2v) is 7.22. The van der Waals surface area contributed by atoms with E-state index in [1.165, 1.54) is 6.92 Å². The number of sulfone groups is 1. The average Bonchev–Trinajstić information content (AvgIpc) is 2.28. The average molecular weight is 307 g/mol. The standard InChI is InChI=1S/C11H15BrO3S/c1-3-16(14,15)8(2)11(13)9-4-6-10(12)7-5-9/h4-8,11,13H,3H2,1-2H3/t8-,11+/m0/s1. The zero-order valence-corrected chi connectivity index (χ0v) is 11.6. The lowest BCUT2D eigenvalue weighted by atomic mass is 10.1. The molecule has 1 aromatic rings.